The molecule has 0 aliphatic carbocycles. The van der Waals surface area contributed by atoms with E-state index in [1.165, 1.54) is 10.7 Å². The molecule has 0 spiro atoms. The molecule has 0 aliphatic rings. The summed E-state index contributed by atoms with van der Waals surface area (Å²) < 4.78 is 28.5. The molecular formula is C21H17F2N5O2S. The molecule has 0 atom stereocenters. The first kappa shape index (κ1) is 20.6. The summed E-state index contributed by atoms with van der Waals surface area (Å²) in [7, 11) is 1.68. The highest BCUT2D eigenvalue weighted by molar-refractivity contribution is 7.21. The molecule has 2 amide bonds. The second-order valence-corrected chi connectivity index (χ2v) is 7.87. The lowest BCUT2D eigenvalue weighted by molar-refractivity contribution is 0.100. The number of fused-ring (bicyclic) bond motifs is 1. The van der Waals surface area contributed by atoms with Gasteiger partial charge in [0.2, 0.25) is 0 Å². The number of anilines is 1. The van der Waals surface area contributed by atoms with Crippen molar-refractivity contribution < 1.29 is 18.4 Å². The third kappa shape index (κ3) is 3.77. The number of nitrogens with one attached hydrogen (secondary N) is 1. The minimum atomic E-state index is -2.80. The molecule has 7 nitrogen and oxygen atoms in total. The van der Waals surface area contributed by atoms with Crippen molar-refractivity contribution >= 4 is 39.1 Å². The summed E-state index contributed by atoms with van der Waals surface area (Å²) >= 11 is 0.864. The zero-order valence-electron chi connectivity index (χ0n) is 16.5. The first-order valence-electron chi connectivity index (χ1n) is 9.18. The van der Waals surface area contributed by atoms with Gasteiger partial charge in [0.25, 0.3) is 18.2 Å². The monoisotopic (exact) mass is 441 g/mol. The van der Waals surface area contributed by atoms with Gasteiger partial charge < -0.3 is 11.1 Å². The fourth-order valence-electron chi connectivity index (χ4n) is 3.37. The van der Waals surface area contributed by atoms with Crippen molar-refractivity contribution in [3.05, 3.63) is 64.4 Å². The van der Waals surface area contributed by atoms with E-state index in [0.717, 1.165) is 11.3 Å². The first-order chi connectivity index (χ1) is 14.8. The SMILES string of the molecule is Cc1nn(C)cc1C(=O)Nc1c(C(N)=O)sc2nc(C(F)F)cc(-c3ccccc3)c12. The predicted molar refractivity (Wildman–Crippen MR) is 114 cm³/mol. The Hall–Kier alpha value is -3.66. The van der Waals surface area contributed by atoms with Gasteiger partial charge in [-0.15, -0.1) is 11.3 Å². The number of thiophene rings is 1. The third-order valence-electron chi connectivity index (χ3n) is 4.71. The standard InChI is InChI=1S/C21H17F2N5O2S/c1-10-13(9-28(2)27-10)20(30)26-16-15-12(11-6-4-3-5-7-11)8-14(18(22)23)25-21(15)31-17(16)19(24)29/h3-9,18H,1-2H3,(H2,24,29)(H,26,30). The average molecular weight is 441 g/mol. The van der Waals surface area contributed by atoms with Crippen molar-refractivity contribution in [3.63, 3.8) is 0 Å². The Bertz CT molecular complexity index is 1310. The van der Waals surface area contributed by atoms with Crippen molar-refractivity contribution in [1.82, 2.24) is 14.8 Å². The number of halogens is 2. The van der Waals surface area contributed by atoms with Crippen molar-refractivity contribution in [3.8, 4) is 11.1 Å². The van der Waals surface area contributed by atoms with Crippen molar-refractivity contribution in [1.29, 1.82) is 0 Å². The van der Waals surface area contributed by atoms with Crippen LogP contribution in [0.4, 0.5) is 14.5 Å². The van der Waals surface area contributed by atoms with Gasteiger partial charge in [-0.2, -0.15) is 5.10 Å². The lowest BCUT2D eigenvalue weighted by Crippen LogP contribution is -2.17. The van der Waals surface area contributed by atoms with Crippen LogP contribution in [0.25, 0.3) is 21.3 Å². The number of hydrogen-bond acceptors (Lipinski definition) is 5. The number of primary amides is 1. The van der Waals surface area contributed by atoms with Crippen LogP contribution in [0.15, 0.2) is 42.6 Å². The van der Waals surface area contributed by atoms with E-state index in [2.05, 4.69) is 15.4 Å². The Morgan fingerprint density at radius 2 is 1.94 bits per heavy atom. The normalized spacial score (nSPS) is 11.3. The molecule has 10 heteroatoms. The van der Waals surface area contributed by atoms with Crippen LogP contribution in [0.3, 0.4) is 0 Å². The van der Waals surface area contributed by atoms with Crippen molar-refractivity contribution in [2.24, 2.45) is 12.8 Å². The van der Waals surface area contributed by atoms with Crippen molar-refractivity contribution in [2.45, 2.75) is 13.3 Å². The van der Waals surface area contributed by atoms with E-state index in [-0.39, 0.29) is 15.4 Å². The third-order valence-corrected chi connectivity index (χ3v) is 5.81. The summed E-state index contributed by atoms with van der Waals surface area (Å²) in [6.45, 7) is 1.68. The maximum atomic E-state index is 13.5. The number of nitrogens with zero attached hydrogens (tertiary/aromatic N) is 3. The molecule has 3 heterocycles. The quantitative estimate of drug-likeness (QED) is 0.482. The summed E-state index contributed by atoms with van der Waals surface area (Å²) in [6, 6.07) is 10.1. The number of amides is 2. The number of nitrogens with two attached hydrogens (primary N) is 1. The van der Waals surface area contributed by atoms with Crippen LogP contribution in [0.1, 0.15) is 37.8 Å². The van der Waals surface area contributed by atoms with E-state index in [1.807, 2.05) is 0 Å². The van der Waals surface area contributed by atoms with Crippen LogP contribution in [-0.4, -0.2) is 26.6 Å². The summed E-state index contributed by atoms with van der Waals surface area (Å²) in [5, 5.41) is 7.26. The lowest BCUT2D eigenvalue weighted by Gasteiger charge is -2.11. The van der Waals surface area contributed by atoms with E-state index in [1.54, 1.807) is 50.5 Å². The van der Waals surface area contributed by atoms with Gasteiger partial charge >= 0.3 is 0 Å². The highest BCUT2D eigenvalue weighted by Crippen LogP contribution is 2.42. The minimum Gasteiger partial charge on any atom is -0.365 e. The highest BCUT2D eigenvalue weighted by Gasteiger charge is 2.25. The topological polar surface area (TPSA) is 103 Å². The summed E-state index contributed by atoms with van der Waals surface area (Å²) in [4.78, 5) is 29.3. The second kappa shape index (κ2) is 7.88. The fraction of sp³-hybridized carbons (Fsp3) is 0.143. The molecule has 3 aromatic heterocycles. The Balaban J connectivity index is 1.97. The van der Waals surface area contributed by atoms with Gasteiger partial charge in [0.05, 0.1) is 16.9 Å². The fourth-order valence-corrected chi connectivity index (χ4v) is 4.38. The minimum absolute atomic E-state index is 0.0287. The molecule has 0 saturated heterocycles. The van der Waals surface area contributed by atoms with Crippen LogP contribution >= 0.6 is 11.3 Å². The van der Waals surface area contributed by atoms with Crippen LogP contribution < -0.4 is 11.1 Å². The number of hydrogen-bond donors (Lipinski definition) is 2. The molecule has 4 rings (SSSR count). The number of alkyl halides is 2. The molecule has 0 bridgehead atoms. The highest BCUT2D eigenvalue weighted by atomic mass is 32.1. The molecule has 0 radical (unpaired) electrons. The second-order valence-electron chi connectivity index (χ2n) is 6.87. The van der Waals surface area contributed by atoms with E-state index in [9.17, 15) is 18.4 Å². The van der Waals surface area contributed by atoms with Gasteiger partial charge in [-0.1, -0.05) is 30.3 Å². The Kier molecular flexibility index (Phi) is 5.24. The zero-order valence-corrected chi connectivity index (χ0v) is 17.3. The molecule has 0 unspecified atom stereocenters. The van der Waals surface area contributed by atoms with Crippen molar-refractivity contribution in [2.75, 3.05) is 5.32 Å². The van der Waals surface area contributed by atoms with Gasteiger partial charge in [-0.25, -0.2) is 13.8 Å². The van der Waals surface area contributed by atoms with E-state index < -0.39 is 23.9 Å². The number of carbonyl (C=O) groups excluding carboxylic acids is 2. The van der Waals surface area contributed by atoms with Gasteiger partial charge in [-0.05, 0) is 24.1 Å². The molecule has 1 aromatic carbocycles. The maximum absolute atomic E-state index is 13.5. The summed E-state index contributed by atoms with van der Waals surface area (Å²) in [6.07, 6.45) is -1.25. The molecule has 0 fully saturated rings. The van der Waals surface area contributed by atoms with E-state index in [0.29, 0.717) is 27.8 Å². The first-order valence-corrected chi connectivity index (χ1v) is 10.00. The molecule has 3 N–H and O–H groups in total. The molecular weight excluding hydrogens is 424 g/mol. The van der Waals surface area contributed by atoms with Gasteiger partial charge in [0, 0.05) is 18.6 Å². The van der Waals surface area contributed by atoms with Crippen LogP contribution in [-0.2, 0) is 7.05 Å². The predicted octanol–water partition coefficient (Wildman–Crippen LogP) is 4.29. The number of benzene rings is 1. The summed E-state index contributed by atoms with van der Waals surface area (Å²) in [5.74, 6) is -1.29. The number of pyridine rings is 1. The smallest absolute Gasteiger partial charge is 0.280 e. The number of rotatable bonds is 5. The van der Waals surface area contributed by atoms with Crippen LogP contribution in [0.2, 0.25) is 0 Å². The summed E-state index contributed by atoms with van der Waals surface area (Å²) in [5.41, 5.74) is 7.14. The molecule has 0 saturated carbocycles. The van der Waals surface area contributed by atoms with E-state index >= 15 is 0 Å². The zero-order chi connectivity index (χ0) is 22.3. The Labute approximate surface area is 179 Å². The number of carbonyl (C=O) groups is 2. The maximum Gasteiger partial charge on any atom is 0.280 e. The molecule has 0 aliphatic heterocycles. The molecule has 31 heavy (non-hydrogen) atoms. The van der Waals surface area contributed by atoms with Crippen LogP contribution in [0, 0.1) is 6.92 Å². The van der Waals surface area contributed by atoms with Crippen LogP contribution in [0.5, 0.6) is 0 Å². The van der Waals surface area contributed by atoms with E-state index in [4.69, 9.17) is 5.73 Å². The Morgan fingerprint density at radius 3 is 2.52 bits per heavy atom. The Morgan fingerprint density at radius 1 is 1.23 bits per heavy atom. The molecule has 158 valence electrons. The number of aromatic nitrogens is 3. The van der Waals surface area contributed by atoms with Gasteiger partial charge in [-0.3, -0.25) is 14.3 Å². The lowest BCUT2D eigenvalue weighted by atomic mass is 10.0. The average Bonchev–Trinajstić information content (AvgIpc) is 3.27. The van der Waals surface area contributed by atoms with Gasteiger partial charge in [0.15, 0.2) is 0 Å². The largest absolute Gasteiger partial charge is 0.365 e. The number of aryl methyl sites for hydroxylation is 2. The van der Waals surface area contributed by atoms with Gasteiger partial charge in [0.1, 0.15) is 15.4 Å². The molecule has 4 aromatic rings.